The first-order valence-corrected chi connectivity index (χ1v) is 10.8. The maximum absolute atomic E-state index is 13.2. The van der Waals surface area contributed by atoms with E-state index >= 15 is 0 Å². The quantitative estimate of drug-likeness (QED) is 0.585. The van der Waals surface area contributed by atoms with Gasteiger partial charge in [0.25, 0.3) is 0 Å². The van der Waals surface area contributed by atoms with Crippen LogP contribution in [0.1, 0.15) is 18.1 Å². The standard InChI is InChI=1S/C22H29ClN6O/c1-3-16-5-8-18(9-6-16)24-21-20(25-27-26-21)22(30)29-12-10-28(11-13-29)19-14-17(23)7-4-15(19)2/h4-9,14,20-21,24-27H,3,10-13H2,1-2H3. The van der Waals surface area contributed by atoms with Gasteiger partial charge in [0.1, 0.15) is 12.2 Å². The lowest BCUT2D eigenvalue weighted by Gasteiger charge is -2.38. The van der Waals surface area contributed by atoms with E-state index in [1.165, 1.54) is 11.1 Å². The third-order valence-electron chi connectivity index (χ3n) is 5.84. The molecule has 0 aliphatic carbocycles. The second kappa shape index (κ2) is 9.22. The summed E-state index contributed by atoms with van der Waals surface area (Å²) >= 11 is 6.18. The number of nitrogens with one attached hydrogen (secondary N) is 4. The third kappa shape index (κ3) is 4.54. The summed E-state index contributed by atoms with van der Waals surface area (Å²) in [6.45, 7) is 7.17. The van der Waals surface area contributed by atoms with E-state index in [1.807, 2.05) is 35.2 Å². The molecule has 160 valence electrons. The Labute approximate surface area is 182 Å². The molecule has 0 bridgehead atoms. The van der Waals surface area contributed by atoms with Gasteiger partial charge in [-0.15, -0.1) is 0 Å². The third-order valence-corrected chi connectivity index (χ3v) is 6.08. The monoisotopic (exact) mass is 428 g/mol. The average Bonchev–Trinajstić information content (AvgIpc) is 3.23. The Kier molecular flexibility index (Phi) is 6.43. The molecule has 2 aliphatic rings. The molecule has 0 saturated carbocycles. The van der Waals surface area contributed by atoms with Gasteiger partial charge in [0.2, 0.25) is 5.91 Å². The summed E-state index contributed by atoms with van der Waals surface area (Å²) in [5, 5.41) is 4.14. The Morgan fingerprint density at radius 3 is 2.53 bits per heavy atom. The zero-order valence-electron chi connectivity index (χ0n) is 17.4. The molecule has 1 amide bonds. The Morgan fingerprint density at radius 1 is 1.10 bits per heavy atom. The SMILES string of the molecule is CCc1ccc(NC2NNNC2C(=O)N2CCN(c3cc(Cl)ccc3C)CC2)cc1. The number of nitrogens with zero attached hydrogens (tertiary/aromatic N) is 2. The number of benzene rings is 2. The molecule has 7 nitrogen and oxygen atoms in total. The van der Waals surface area contributed by atoms with Crippen LogP contribution in [0.5, 0.6) is 0 Å². The zero-order chi connectivity index (χ0) is 21.1. The highest BCUT2D eigenvalue weighted by atomic mass is 35.5. The molecule has 2 atom stereocenters. The number of halogens is 1. The van der Waals surface area contributed by atoms with Crippen molar-refractivity contribution in [2.75, 3.05) is 36.4 Å². The van der Waals surface area contributed by atoms with E-state index in [4.69, 9.17) is 11.6 Å². The van der Waals surface area contributed by atoms with Gasteiger partial charge in [-0.1, -0.05) is 36.7 Å². The van der Waals surface area contributed by atoms with E-state index in [0.717, 1.165) is 35.9 Å². The van der Waals surface area contributed by atoms with Crippen molar-refractivity contribution in [1.29, 1.82) is 0 Å². The van der Waals surface area contributed by atoms with E-state index in [2.05, 4.69) is 52.6 Å². The lowest BCUT2D eigenvalue weighted by Crippen LogP contribution is -2.57. The van der Waals surface area contributed by atoms with Crippen LogP contribution in [-0.2, 0) is 11.2 Å². The van der Waals surface area contributed by atoms with Crippen LogP contribution in [-0.4, -0.2) is 49.2 Å². The van der Waals surface area contributed by atoms with Gasteiger partial charge in [0.15, 0.2) is 0 Å². The van der Waals surface area contributed by atoms with Crippen molar-refractivity contribution in [1.82, 2.24) is 21.3 Å². The molecule has 0 aromatic heterocycles. The average molecular weight is 429 g/mol. The minimum absolute atomic E-state index is 0.0812. The first kappa shape index (κ1) is 20.9. The number of rotatable bonds is 5. The van der Waals surface area contributed by atoms with Crippen LogP contribution >= 0.6 is 11.6 Å². The van der Waals surface area contributed by atoms with Gasteiger partial charge in [-0.3, -0.25) is 4.79 Å². The number of aryl methyl sites for hydroxylation is 2. The highest BCUT2D eigenvalue weighted by Gasteiger charge is 2.36. The summed E-state index contributed by atoms with van der Waals surface area (Å²) in [5.41, 5.74) is 13.7. The zero-order valence-corrected chi connectivity index (χ0v) is 18.2. The fourth-order valence-electron chi connectivity index (χ4n) is 3.99. The van der Waals surface area contributed by atoms with Crippen molar-refractivity contribution in [3.63, 3.8) is 0 Å². The van der Waals surface area contributed by atoms with Crippen LogP contribution in [0.25, 0.3) is 0 Å². The van der Waals surface area contributed by atoms with E-state index in [-0.39, 0.29) is 12.1 Å². The normalized spacial score (nSPS) is 21.7. The number of anilines is 2. The fourth-order valence-corrected chi connectivity index (χ4v) is 4.16. The molecule has 2 unspecified atom stereocenters. The van der Waals surface area contributed by atoms with Gasteiger partial charge in [-0.2, -0.15) is 5.53 Å². The molecule has 0 radical (unpaired) electrons. The maximum atomic E-state index is 13.2. The highest BCUT2D eigenvalue weighted by molar-refractivity contribution is 6.30. The van der Waals surface area contributed by atoms with Crippen LogP contribution in [0.2, 0.25) is 5.02 Å². The minimum atomic E-state index is -0.393. The summed E-state index contributed by atoms with van der Waals surface area (Å²) in [6.07, 6.45) is 0.769. The number of carbonyl (C=O) groups is 1. The van der Waals surface area contributed by atoms with Crippen molar-refractivity contribution >= 4 is 28.9 Å². The van der Waals surface area contributed by atoms with Crippen LogP contribution in [0.15, 0.2) is 42.5 Å². The van der Waals surface area contributed by atoms with Crippen molar-refractivity contribution in [2.24, 2.45) is 0 Å². The van der Waals surface area contributed by atoms with Gasteiger partial charge in [-0.25, -0.2) is 10.9 Å². The van der Waals surface area contributed by atoms with Crippen molar-refractivity contribution in [3.05, 3.63) is 58.6 Å². The van der Waals surface area contributed by atoms with E-state index in [9.17, 15) is 4.79 Å². The Bertz CT molecular complexity index is 882. The van der Waals surface area contributed by atoms with Crippen LogP contribution < -0.4 is 26.6 Å². The molecule has 2 fully saturated rings. The number of hydrogen-bond donors (Lipinski definition) is 4. The molecule has 4 rings (SSSR count). The lowest BCUT2D eigenvalue weighted by molar-refractivity contribution is -0.133. The van der Waals surface area contributed by atoms with E-state index in [1.54, 1.807) is 0 Å². The van der Waals surface area contributed by atoms with Crippen LogP contribution in [0.4, 0.5) is 11.4 Å². The molecule has 2 aromatic rings. The Hall–Kier alpha value is -2.32. The molecular weight excluding hydrogens is 400 g/mol. The molecule has 0 spiro atoms. The van der Waals surface area contributed by atoms with Crippen LogP contribution in [0, 0.1) is 6.92 Å². The topological polar surface area (TPSA) is 71.7 Å². The van der Waals surface area contributed by atoms with Gasteiger partial charge >= 0.3 is 0 Å². The number of hydrazine groups is 2. The smallest absolute Gasteiger partial charge is 0.244 e. The first-order valence-electron chi connectivity index (χ1n) is 10.5. The van der Waals surface area contributed by atoms with Gasteiger partial charge in [0, 0.05) is 42.6 Å². The first-order chi connectivity index (χ1) is 14.5. The predicted octanol–water partition coefficient (Wildman–Crippen LogP) is 2.28. The summed E-state index contributed by atoms with van der Waals surface area (Å²) in [5.74, 6) is 0.0812. The number of carbonyl (C=O) groups excluding carboxylic acids is 1. The molecule has 4 N–H and O–H groups in total. The second-order valence-electron chi connectivity index (χ2n) is 7.81. The van der Waals surface area contributed by atoms with Gasteiger partial charge in [0.05, 0.1) is 0 Å². The second-order valence-corrected chi connectivity index (χ2v) is 8.24. The summed E-state index contributed by atoms with van der Waals surface area (Å²) in [7, 11) is 0. The molecular formula is C22H29ClN6O. The van der Waals surface area contributed by atoms with Crippen LogP contribution in [0.3, 0.4) is 0 Å². The van der Waals surface area contributed by atoms with E-state index < -0.39 is 6.04 Å². The lowest BCUT2D eigenvalue weighted by atomic mass is 10.1. The molecule has 2 saturated heterocycles. The summed E-state index contributed by atoms with van der Waals surface area (Å²) in [4.78, 5) is 17.4. The molecule has 2 heterocycles. The van der Waals surface area contributed by atoms with E-state index in [0.29, 0.717) is 13.1 Å². The Balaban J connectivity index is 1.36. The highest BCUT2D eigenvalue weighted by Crippen LogP contribution is 2.25. The summed E-state index contributed by atoms with van der Waals surface area (Å²) in [6, 6.07) is 13.9. The predicted molar refractivity (Wildman–Crippen MR) is 121 cm³/mol. The Morgan fingerprint density at radius 2 is 1.83 bits per heavy atom. The van der Waals surface area contributed by atoms with Crippen molar-refractivity contribution in [2.45, 2.75) is 32.5 Å². The van der Waals surface area contributed by atoms with Crippen molar-refractivity contribution < 1.29 is 4.79 Å². The number of hydrogen-bond acceptors (Lipinski definition) is 6. The molecule has 8 heteroatoms. The van der Waals surface area contributed by atoms with Gasteiger partial charge in [-0.05, 0) is 48.7 Å². The fraction of sp³-hybridized carbons (Fsp3) is 0.409. The molecule has 2 aliphatic heterocycles. The number of amides is 1. The largest absolute Gasteiger partial charge is 0.368 e. The molecule has 30 heavy (non-hydrogen) atoms. The maximum Gasteiger partial charge on any atom is 0.244 e. The number of piperazine rings is 1. The summed E-state index contributed by atoms with van der Waals surface area (Å²) < 4.78 is 0. The van der Waals surface area contributed by atoms with Gasteiger partial charge < -0.3 is 15.1 Å². The minimum Gasteiger partial charge on any atom is -0.368 e. The van der Waals surface area contributed by atoms with Crippen molar-refractivity contribution in [3.8, 4) is 0 Å². The molecule has 2 aromatic carbocycles.